The van der Waals surface area contributed by atoms with Crippen LogP contribution in [0.15, 0.2) is 18.2 Å². The van der Waals surface area contributed by atoms with Gasteiger partial charge in [-0.05, 0) is 44.5 Å². The lowest BCUT2D eigenvalue weighted by Gasteiger charge is -2.04. The first kappa shape index (κ1) is 15.2. The van der Waals surface area contributed by atoms with Gasteiger partial charge in [0.1, 0.15) is 6.61 Å². The molecule has 1 aromatic carbocycles. The molecule has 0 unspecified atom stereocenters. The minimum Gasteiger partial charge on any atom is -0.384 e. The number of aliphatic hydroxyl groups excluding tert-OH is 1. The Labute approximate surface area is 127 Å². The van der Waals surface area contributed by atoms with Gasteiger partial charge in [-0.1, -0.05) is 11.8 Å². The average molecular weight is 300 g/mol. The van der Waals surface area contributed by atoms with Crippen molar-refractivity contribution >= 4 is 22.4 Å². The third-order valence-corrected chi connectivity index (χ3v) is 4.03. The Morgan fingerprint density at radius 1 is 1.38 bits per heavy atom. The van der Waals surface area contributed by atoms with Crippen LogP contribution in [0.1, 0.15) is 32.1 Å². The number of aryl methyl sites for hydroxylation is 3. The van der Waals surface area contributed by atoms with Crippen molar-refractivity contribution in [3.63, 3.8) is 0 Å². The number of nitrogens with zero attached hydrogens (tertiary/aromatic N) is 1. The molecule has 4 nitrogen and oxygen atoms in total. The van der Waals surface area contributed by atoms with Gasteiger partial charge in [0.05, 0.1) is 5.69 Å². The maximum atomic E-state index is 12.2. The molecule has 0 aliphatic heterocycles. The topological polar surface area (TPSA) is 62.2 Å². The number of aromatic nitrogens is 1. The highest BCUT2D eigenvalue weighted by atomic mass is 32.1. The second-order valence-corrected chi connectivity index (χ2v) is 5.81. The van der Waals surface area contributed by atoms with Crippen molar-refractivity contribution < 1.29 is 9.90 Å². The van der Waals surface area contributed by atoms with Crippen LogP contribution in [0.3, 0.4) is 0 Å². The van der Waals surface area contributed by atoms with E-state index in [0.29, 0.717) is 10.7 Å². The molecule has 1 amide bonds. The fourth-order valence-electron chi connectivity index (χ4n) is 1.78. The highest BCUT2D eigenvalue weighted by Crippen LogP contribution is 2.22. The summed E-state index contributed by atoms with van der Waals surface area (Å²) >= 11 is 1.46. The number of hydrogen-bond donors (Lipinski definition) is 2. The van der Waals surface area contributed by atoms with Crippen LogP contribution >= 0.6 is 11.3 Å². The molecule has 0 fully saturated rings. The van der Waals surface area contributed by atoms with Crippen LogP contribution in [0.5, 0.6) is 0 Å². The van der Waals surface area contributed by atoms with Crippen molar-refractivity contribution in [3.8, 4) is 11.8 Å². The number of benzene rings is 1. The number of thiazole rings is 1. The largest absolute Gasteiger partial charge is 0.384 e. The summed E-state index contributed by atoms with van der Waals surface area (Å²) in [6, 6.07) is 5.28. The van der Waals surface area contributed by atoms with Gasteiger partial charge in [-0.25, -0.2) is 4.98 Å². The van der Waals surface area contributed by atoms with E-state index in [-0.39, 0.29) is 12.5 Å². The van der Waals surface area contributed by atoms with E-state index in [1.54, 1.807) is 18.2 Å². The van der Waals surface area contributed by atoms with Crippen molar-refractivity contribution in [2.75, 3.05) is 11.9 Å². The molecule has 0 radical (unpaired) electrons. The minimum absolute atomic E-state index is 0.176. The first-order valence-corrected chi connectivity index (χ1v) is 7.28. The van der Waals surface area contributed by atoms with Crippen molar-refractivity contribution in [2.45, 2.75) is 20.8 Å². The number of rotatable bonds is 2. The lowest BCUT2D eigenvalue weighted by atomic mass is 10.1. The lowest BCUT2D eigenvalue weighted by Crippen LogP contribution is -2.12. The SMILES string of the molecule is Cc1cc(C(=O)Nc2nc(C)c(C)s2)ccc1C#CCO. The summed E-state index contributed by atoms with van der Waals surface area (Å²) in [5.74, 6) is 5.26. The molecule has 2 N–H and O–H groups in total. The molecular formula is C16H16N2O2S. The smallest absolute Gasteiger partial charge is 0.257 e. The standard InChI is InChI=1S/C16H16N2O2S/c1-10-9-14(7-6-13(10)5-4-8-19)15(20)18-16-17-11(2)12(3)21-16/h6-7,9,19H,8H2,1-3H3,(H,17,18,20). The third kappa shape index (κ3) is 3.69. The number of carbonyl (C=O) groups excluding carboxylic acids is 1. The molecule has 0 aliphatic rings. The van der Waals surface area contributed by atoms with E-state index < -0.39 is 0 Å². The summed E-state index contributed by atoms with van der Waals surface area (Å²) in [5, 5.41) is 12.1. The maximum Gasteiger partial charge on any atom is 0.257 e. The number of carbonyl (C=O) groups is 1. The first-order valence-electron chi connectivity index (χ1n) is 6.47. The van der Waals surface area contributed by atoms with Crippen LogP contribution in [-0.2, 0) is 0 Å². The first-order chi connectivity index (χ1) is 10.0. The molecule has 1 aromatic heterocycles. The van der Waals surface area contributed by atoms with Crippen LogP contribution < -0.4 is 5.32 Å². The molecule has 21 heavy (non-hydrogen) atoms. The Morgan fingerprint density at radius 2 is 2.14 bits per heavy atom. The fraction of sp³-hybridized carbons (Fsp3) is 0.250. The number of nitrogens with one attached hydrogen (secondary N) is 1. The molecule has 0 atom stereocenters. The lowest BCUT2D eigenvalue weighted by molar-refractivity contribution is 0.102. The summed E-state index contributed by atoms with van der Waals surface area (Å²) in [7, 11) is 0. The zero-order valence-corrected chi connectivity index (χ0v) is 13.0. The molecule has 1 heterocycles. The Bertz CT molecular complexity index is 719. The van der Waals surface area contributed by atoms with E-state index in [0.717, 1.165) is 21.7 Å². The van der Waals surface area contributed by atoms with Crippen LogP contribution in [0.2, 0.25) is 0 Å². The highest BCUT2D eigenvalue weighted by Gasteiger charge is 2.11. The van der Waals surface area contributed by atoms with Gasteiger partial charge in [0.25, 0.3) is 5.91 Å². The fourth-order valence-corrected chi connectivity index (χ4v) is 2.59. The summed E-state index contributed by atoms with van der Waals surface area (Å²) in [6.07, 6.45) is 0. The third-order valence-electron chi connectivity index (χ3n) is 3.04. The summed E-state index contributed by atoms with van der Waals surface area (Å²) in [4.78, 5) is 17.6. The summed E-state index contributed by atoms with van der Waals surface area (Å²) < 4.78 is 0. The minimum atomic E-state index is -0.187. The van der Waals surface area contributed by atoms with Crippen molar-refractivity contribution in [3.05, 3.63) is 45.5 Å². The molecule has 2 aromatic rings. The van der Waals surface area contributed by atoms with Gasteiger partial charge in [0.15, 0.2) is 5.13 Å². The molecule has 0 aliphatic carbocycles. The second-order valence-electron chi connectivity index (χ2n) is 4.60. The molecule has 0 bridgehead atoms. The van der Waals surface area contributed by atoms with Gasteiger partial charge >= 0.3 is 0 Å². The Hall–Kier alpha value is -2.16. The van der Waals surface area contributed by atoms with E-state index in [2.05, 4.69) is 22.1 Å². The van der Waals surface area contributed by atoms with Crippen molar-refractivity contribution in [1.82, 2.24) is 4.98 Å². The quantitative estimate of drug-likeness (QED) is 0.838. The van der Waals surface area contributed by atoms with Crippen LogP contribution in [0.4, 0.5) is 5.13 Å². The van der Waals surface area contributed by atoms with Gasteiger partial charge < -0.3 is 5.11 Å². The van der Waals surface area contributed by atoms with Crippen LogP contribution in [0.25, 0.3) is 0 Å². The van der Waals surface area contributed by atoms with E-state index in [1.807, 2.05) is 20.8 Å². The number of amides is 1. The summed E-state index contributed by atoms with van der Waals surface area (Å²) in [6.45, 7) is 5.60. The molecule has 0 saturated heterocycles. The van der Waals surface area contributed by atoms with Gasteiger partial charge in [0.2, 0.25) is 0 Å². The monoisotopic (exact) mass is 300 g/mol. The predicted molar refractivity (Wildman–Crippen MR) is 84.7 cm³/mol. The van der Waals surface area contributed by atoms with Gasteiger partial charge in [-0.15, -0.1) is 11.3 Å². The zero-order valence-electron chi connectivity index (χ0n) is 12.2. The normalized spacial score (nSPS) is 9.90. The number of aliphatic hydroxyl groups is 1. The molecule has 2 rings (SSSR count). The number of hydrogen-bond acceptors (Lipinski definition) is 4. The zero-order chi connectivity index (χ0) is 15.4. The van der Waals surface area contributed by atoms with E-state index >= 15 is 0 Å². The van der Waals surface area contributed by atoms with E-state index in [1.165, 1.54) is 11.3 Å². The second kappa shape index (κ2) is 6.53. The van der Waals surface area contributed by atoms with Gasteiger partial charge in [0, 0.05) is 16.0 Å². The molecule has 0 spiro atoms. The average Bonchev–Trinajstić information content (AvgIpc) is 2.75. The van der Waals surface area contributed by atoms with Crippen molar-refractivity contribution in [2.24, 2.45) is 0 Å². The molecular weight excluding hydrogens is 284 g/mol. The van der Waals surface area contributed by atoms with E-state index in [9.17, 15) is 4.79 Å². The summed E-state index contributed by atoms with van der Waals surface area (Å²) in [5.41, 5.74) is 3.20. The number of anilines is 1. The maximum absolute atomic E-state index is 12.2. The van der Waals surface area contributed by atoms with Crippen molar-refractivity contribution in [1.29, 1.82) is 0 Å². The highest BCUT2D eigenvalue weighted by molar-refractivity contribution is 7.15. The Kier molecular flexibility index (Phi) is 4.73. The van der Waals surface area contributed by atoms with Gasteiger partial charge in [-0.3, -0.25) is 10.1 Å². The molecule has 108 valence electrons. The molecule has 0 saturated carbocycles. The van der Waals surface area contributed by atoms with E-state index in [4.69, 9.17) is 5.11 Å². The Morgan fingerprint density at radius 3 is 2.71 bits per heavy atom. The van der Waals surface area contributed by atoms with Gasteiger partial charge in [-0.2, -0.15) is 0 Å². The Balaban J connectivity index is 2.18. The van der Waals surface area contributed by atoms with Crippen LogP contribution in [0, 0.1) is 32.6 Å². The van der Waals surface area contributed by atoms with Crippen LogP contribution in [-0.4, -0.2) is 22.6 Å². The molecule has 5 heteroatoms. The predicted octanol–water partition coefficient (Wildman–Crippen LogP) is 2.66.